The predicted octanol–water partition coefficient (Wildman–Crippen LogP) is 3.62. The zero-order valence-corrected chi connectivity index (χ0v) is 14.0. The first-order valence-electron chi connectivity index (χ1n) is 7.80. The molecule has 1 aromatic carbocycles. The van der Waals surface area contributed by atoms with Crippen LogP contribution in [0.5, 0.6) is 5.75 Å². The van der Waals surface area contributed by atoms with E-state index in [-0.39, 0.29) is 5.75 Å². The van der Waals surface area contributed by atoms with E-state index in [1.165, 1.54) is 25.8 Å². The number of likely N-dealkylation sites (tertiary alicyclic amines) is 1. The predicted molar refractivity (Wildman–Crippen MR) is 85.2 cm³/mol. The van der Waals surface area contributed by atoms with Gasteiger partial charge in [0.25, 0.3) is 0 Å². The Bertz CT molecular complexity index is 511. The van der Waals surface area contributed by atoms with Gasteiger partial charge >= 0.3 is 6.61 Å². The van der Waals surface area contributed by atoms with Crippen molar-refractivity contribution in [3.05, 3.63) is 28.2 Å². The third kappa shape index (κ3) is 4.40. The number of nitrogens with zero attached hydrogens (tertiary/aromatic N) is 1. The number of hydrogen-bond acceptors (Lipinski definition) is 3. The normalized spacial score (nSPS) is 22.5. The highest BCUT2D eigenvalue weighted by atomic mass is 79.9. The highest BCUT2D eigenvalue weighted by molar-refractivity contribution is 9.10. The molecule has 1 aromatic rings. The van der Waals surface area contributed by atoms with Crippen LogP contribution in [0.15, 0.2) is 22.7 Å². The van der Waals surface area contributed by atoms with E-state index in [1.807, 2.05) is 6.07 Å². The summed E-state index contributed by atoms with van der Waals surface area (Å²) in [5.74, 6) is 0.906. The topological polar surface area (TPSA) is 24.5 Å². The highest BCUT2D eigenvalue weighted by Crippen LogP contribution is 2.31. The number of hydrogen-bond donors (Lipinski definition) is 1. The largest absolute Gasteiger partial charge is 0.434 e. The molecule has 1 saturated heterocycles. The molecule has 1 atom stereocenters. The van der Waals surface area contributed by atoms with Crippen LogP contribution >= 0.6 is 15.9 Å². The first-order chi connectivity index (χ1) is 10.6. The van der Waals surface area contributed by atoms with Gasteiger partial charge in [0.1, 0.15) is 5.75 Å². The van der Waals surface area contributed by atoms with Crippen molar-refractivity contribution in [3.63, 3.8) is 0 Å². The second kappa shape index (κ2) is 7.23. The molecule has 1 aliphatic heterocycles. The van der Waals surface area contributed by atoms with Gasteiger partial charge in [0.05, 0.1) is 0 Å². The Hall–Kier alpha value is -0.720. The molecule has 6 heteroatoms. The fourth-order valence-electron chi connectivity index (χ4n) is 3.11. The summed E-state index contributed by atoms with van der Waals surface area (Å²) in [5.41, 5.74) is 0.756. The Labute approximate surface area is 138 Å². The highest BCUT2D eigenvalue weighted by Gasteiger charge is 2.34. The molecule has 2 aliphatic rings. The lowest BCUT2D eigenvalue weighted by Crippen LogP contribution is -2.27. The molecular weight excluding hydrogens is 354 g/mol. The number of rotatable bonds is 7. The third-order valence-electron chi connectivity index (χ3n) is 4.37. The Morgan fingerprint density at radius 3 is 2.86 bits per heavy atom. The Morgan fingerprint density at radius 1 is 1.32 bits per heavy atom. The van der Waals surface area contributed by atoms with E-state index in [0.29, 0.717) is 12.5 Å². The first kappa shape index (κ1) is 16.1. The molecule has 2 fully saturated rings. The molecule has 1 N–H and O–H groups in total. The number of halogens is 3. The van der Waals surface area contributed by atoms with Gasteiger partial charge in [-0.2, -0.15) is 8.78 Å². The maximum Gasteiger partial charge on any atom is 0.387 e. The Balaban J connectivity index is 1.49. The van der Waals surface area contributed by atoms with E-state index >= 15 is 0 Å². The maximum absolute atomic E-state index is 12.4. The average molecular weight is 375 g/mol. The molecule has 22 heavy (non-hydrogen) atoms. The summed E-state index contributed by atoms with van der Waals surface area (Å²) in [6.45, 7) is 1.04. The van der Waals surface area contributed by atoms with Crippen LogP contribution < -0.4 is 10.1 Å². The van der Waals surface area contributed by atoms with Gasteiger partial charge in [0.15, 0.2) is 0 Å². The summed E-state index contributed by atoms with van der Waals surface area (Å²) >= 11 is 3.37. The van der Waals surface area contributed by atoms with Gasteiger partial charge in [-0.25, -0.2) is 0 Å². The number of nitrogens with one attached hydrogen (secondary N) is 1. The van der Waals surface area contributed by atoms with Crippen molar-refractivity contribution in [1.29, 1.82) is 0 Å². The third-order valence-corrected chi connectivity index (χ3v) is 4.86. The Kier molecular flexibility index (Phi) is 5.31. The molecule has 0 radical (unpaired) electrons. The number of alkyl halides is 2. The summed E-state index contributed by atoms with van der Waals surface area (Å²) in [7, 11) is 0. The minimum absolute atomic E-state index is 0.247. The van der Waals surface area contributed by atoms with Crippen molar-refractivity contribution in [2.45, 2.75) is 38.5 Å². The molecule has 0 aromatic heterocycles. The van der Waals surface area contributed by atoms with Crippen molar-refractivity contribution in [2.75, 3.05) is 19.6 Å². The first-order valence-corrected chi connectivity index (χ1v) is 8.59. The van der Waals surface area contributed by atoms with E-state index in [1.54, 1.807) is 12.1 Å². The van der Waals surface area contributed by atoms with E-state index in [2.05, 4.69) is 30.9 Å². The summed E-state index contributed by atoms with van der Waals surface area (Å²) in [6.07, 6.45) is 3.93. The summed E-state index contributed by atoms with van der Waals surface area (Å²) in [5, 5.41) is 3.39. The lowest BCUT2D eigenvalue weighted by molar-refractivity contribution is -0.0505. The van der Waals surface area contributed by atoms with Gasteiger partial charge in [-0.05, 0) is 56.5 Å². The molecule has 0 amide bonds. The van der Waals surface area contributed by atoms with Crippen molar-refractivity contribution in [1.82, 2.24) is 10.2 Å². The van der Waals surface area contributed by atoms with Crippen LogP contribution in [-0.2, 0) is 6.54 Å². The van der Waals surface area contributed by atoms with Crippen LogP contribution in [0.3, 0.4) is 0 Å². The van der Waals surface area contributed by atoms with Gasteiger partial charge in [0.2, 0.25) is 0 Å². The van der Waals surface area contributed by atoms with Crippen molar-refractivity contribution >= 4 is 15.9 Å². The van der Waals surface area contributed by atoms with Crippen LogP contribution in [0.25, 0.3) is 0 Å². The standard InChI is InChI=1S/C16H21BrF2N2O/c17-13-1-4-15(22-16(18)19)12(7-13)9-20-8-11-5-6-21(10-11)14-2-3-14/h1,4,7,11,14,16,20H,2-3,5-6,8-10H2. The molecule has 1 aliphatic carbocycles. The smallest absolute Gasteiger partial charge is 0.387 e. The summed E-state index contributed by atoms with van der Waals surface area (Å²) in [6, 6.07) is 5.96. The zero-order valence-electron chi connectivity index (χ0n) is 12.4. The van der Waals surface area contributed by atoms with Crippen molar-refractivity contribution in [3.8, 4) is 5.75 Å². The van der Waals surface area contributed by atoms with Gasteiger partial charge in [0, 0.05) is 29.2 Å². The second-order valence-electron chi connectivity index (χ2n) is 6.14. The lowest BCUT2D eigenvalue weighted by atomic mass is 10.1. The van der Waals surface area contributed by atoms with Crippen molar-refractivity contribution < 1.29 is 13.5 Å². The van der Waals surface area contributed by atoms with E-state index in [4.69, 9.17) is 0 Å². The average Bonchev–Trinajstić information content (AvgIpc) is 3.21. The molecule has 1 heterocycles. The fraction of sp³-hybridized carbons (Fsp3) is 0.625. The van der Waals surface area contributed by atoms with Gasteiger partial charge in [-0.1, -0.05) is 15.9 Å². The molecule has 122 valence electrons. The lowest BCUT2D eigenvalue weighted by Gasteiger charge is -2.16. The van der Waals surface area contributed by atoms with E-state index < -0.39 is 6.61 Å². The number of ether oxygens (including phenoxy) is 1. The molecule has 1 saturated carbocycles. The zero-order chi connectivity index (χ0) is 15.5. The van der Waals surface area contributed by atoms with E-state index in [0.717, 1.165) is 29.2 Å². The quantitative estimate of drug-likeness (QED) is 0.788. The van der Waals surface area contributed by atoms with Crippen molar-refractivity contribution in [2.24, 2.45) is 5.92 Å². The SMILES string of the molecule is FC(F)Oc1ccc(Br)cc1CNCC1CCN(C2CC2)C1. The van der Waals surface area contributed by atoms with Crippen LogP contribution in [0.1, 0.15) is 24.8 Å². The molecule has 0 bridgehead atoms. The van der Waals surface area contributed by atoms with Gasteiger partial charge in [-0.15, -0.1) is 0 Å². The van der Waals surface area contributed by atoms with Crippen LogP contribution in [0, 0.1) is 5.92 Å². The van der Waals surface area contributed by atoms with Gasteiger partial charge < -0.3 is 15.0 Å². The summed E-state index contributed by atoms with van der Waals surface area (Å²) in [4.78, 5) is 2.58. The minimum atomic E-state index is -2.79. The van der Waals surface area contributed by atoms with Gasteiger partial charge in [-0.3, -0.25) is 0 Å². The molecule has 3 nitrogen and oxygen atoms in total. The Morgan fingerprint density at radius 2 is 2.14 bits per heavy atom. The number of benzene rings is 1. The maximum atomic E-state index is 12.4. The van der Waals surface area contributed by atoms with E-state index in [9.17, 15) is 8.78 Å². The monoisotopic (exact) mass is 374 g/mol. The molecular formula is C16H21BrF2N2O. The fourth-order valence-corrected chi connectivity index (χ4v) is 3.52. The van der Waals surface area contributed by atoms with Crippen LogP contribution in [-0.4, -0.2) is 37.2 Å². The molecule has 0 spiro atoms. The molecule has 1 unspecified atom stereocenters. The van der Waals surface area contributed by atoms with Crippen LogP contribution in [0.4, 0.5) is 8.78 Å². The van der Waals surface area contributed by atoms with Crippen LogP contribution in [0.2, 0.25) is 0 Å². The second-order valence-corrected chi connectivity index (χ2v) is 7.06. The summed E-state index contributed by atoms with van der Waals surface area (Å²) < 4.78 is 30.3. The minimum Gasteiger partial charge on any atom is -0.434 e. The molecule has 3 rings (SSSR count).